The Balaban J connectivity index is 2.71. The number of esters is 2. The average Bonchev–Trinajstić information content (AvgIpc) is 2.57. The molecule has 0 saturated heterocycles. The largest absolute Gasteiger partial charge is 0.493 e. The van der Waals surface area contributed by atoms with E-state index >= 15 is 0 Å². The molecule has 0 fully saturated rings. The molecule has 1 aromatic carbocycles. The van der Waals surface area contributed by atoms with Crippen LogP contribution < -0.4 is 9.47 Å². The second kappa shape index (κ2) is 9.40. The second-order valence-corrected chi connectivity index (χ2v) is 4.70. The number of ether oxygens (including phenoxy) is 3. The van der Waals surface area contributed by atoms with Crippen LogP contribution in [0.2, 0.25) is 0 Å². The lowest BCUT2D eigenvalue weighted by atomic mass is 10.0. The fourth-order valence-electron chi connectivity index (χ4n) is 1.88. The van der Waals surface area contributed by atoms with Crippen LogP contribution in [0.4, 0.5) is 0 Å². The Morgan fingerprint density at radius 2 is 1.87 bits per heavy atom. The molecule has 1 aromatic rings. The highest BCUT2D eigenvalue weighted by Crippen LogP contribution is 2.27. The molecule has 1 atom stereocenters. The van der Waals surface area contributed by atoms with E-state index in [2.05, 4.69) is 0 Å². The van der Waals surface area contributed by atoms with Gasteiger partial charge in [-0.3, -0.25) is 4.79 Å². The summed E-state index contributed by atoms with van der Waals surface area (Å²) in [5.41, 5.74) is 0.687. The van der Waals surface area contributed by atoms with E-state index in [4.69, 9.17) is 14.2 Å². The van der Waals surface area contributed by atoms with Gasteiger partial charge in [0.1, 0.15) is 6.29 Å². The fraction of sp³-hybridized carbons (Fsp3) is 0.353. The van der Waals surface area contributed by atoms with E-state index in [9.17, 15) is 14.4 Å². The quantitative estimate of drug-likeness (QED) is 0.317. The standard InChI is InChI=1S/C17H20O6/c1-4-13(9-10-18)17(20)23-16(19)8-6-12-5-7-14(21-2)15(11-12)22-3/h5-8,10-11,13H,4,9H2,1-3H3. The molecule has 0 amide bonds. The fourth-order valence-corrected chi connectivity index (χ4v) is 1.88. The van der Waals surface area contributed by atoms with Crippen molar-refractivity contribution in [1.82, 2.24) is 0 Å². The van der Waals surface area contributed by atoms with Gasteiger partial charge in [-0.1, -0.05) is 13.0 Å². The molecule has 0 aliphatic carbocycles. The van der Waals surface area contributed by atoms with Gasteiger partial charge in [0.2, 0.25) is 0 Å². The lowest BCUT2D eigenvalue weighted by Gasteiger charge is -2.09. The summed E-state index contributed by atoms with van der Waals surface area (Å²) in [5.74, 6) is -0.972. The molecule has 23 heavy (non-hydrogen) atoms. The Morgan fingerprint density at radius 3 is 2.43 bits per heavy atom. The van der Waals surface area contributed by atoms with Gasteiger partial charge in [0, 0.05) is 12.5 Å². The lowest BCUT2D eigenvalue weighted by Crippen LogP contribution is -2.20. The van der Waals surface area contributed by atoms with E-state index in [1.54, 1.807) is 25.1 Å². The normalized spacial score (nSPS) is 11.8. The minimum Gasteiger partial charge on any atom is -0.493 e. The number of rotatable bonds is 8. The first-order valence-electron chi connectivity index (χ1n) is 7.15. The molecule has 124 valence electrons. The van der Waals surface area contributed by atoms with E-state index in [0.29, 0.717) is 29.8 Å². The topological polar surface area (TPSA) is 78.9 Å². The van der Waals surface area contributed by atoms with Crippen LogP contribution >= 0.6 is 0 Å². The van der Waals surface area contributed by atoms with Gasteiger partial charge in [-0.05, 0) is 30.2 Å². The smallest absolute Gasteiger partial charge is 0.338 e. The highest BCUT2D eigenvalue weighted by molar-refractivity contribution is 5.95. The molecule has 0 aromatic heterocycles. The maximum absolute atomic E-state index is 11.7. The van der Waals surface area contributed by atoms with Crippen LogP contribution in [0.3, 0.4) is 0 Å². The van der Waals surface area contributed by atoms with Crippen molar-refractivity contribution in [2.75, 3.05) is 14.2 Å². The molecule has 0 N–H and O–H groups in total. The van der Waals surface area contributed by atoms with Crippen molar-refractivity contribution < 1.29 is 28.6 Å². The van der Waals surface area contributed by atoms with E-state index in [-0.39, 0.29) is 6.42 Å². The number of benzene rings is 1. The van der Waals surface area contributed by atoms with Crippen LogP contribution in [-0.4, -0.2) is 32.4 Å². The van der Waals surface area contributed by atoms with Gasteiger partial charge in [0.15, 0.2) is 11.5 Å². The molecule has 0 heterocycles. The third kappa shape index (κ3) is 5.58. The number of aldehydes is 1. The molecule has 1 unspecified atom stereocenters. The van der Waals surface area contributed by atoms with E-state index < -0.39 is 17.9 Å². The summed E-state index contributed by atoms with van der Waals surface area (Å²) in [5, 5.41) is 0. The molecule has 0 spiro atoms. The van der Waals surface area contributed by atoms with Gasteiger partial charge in [-0.25, -0.2) is 4.79 Å². The zero-order chi connectivity index (χ0) is 17.2. The van der Waals surface area contributed by atoms with Crippen molar-refractivity contribution in [2.24, 2.45) is 5.92 Å². The van der Waals surface area contributed by atoms with Crippen LogP contribution in [0, 0.1) is 5.92 Å². The SMILES string of the molecule is CCC(CC=O)C(=O)OC(=O)C=Cc1ccc(OC)c(OC)c1. The van der Waals surface area contributed by atoms with Gasteiger partial charge in [-0.15, -0.1) is 0 Å². The lowest BCUT2D eigenvalue weighted by molar-refractivity contribution is -0.160. The third-order valence-corrected chi connectivity index (χ3v) is 3.23. The predicted molar refractivity (Wildman–Crippen MR) is 84.1 cm³/mol. The maximum Gasteiger partial charge on any atom is 0.338 e. The molecular weight excluding hydrogens is 300 g/mol. The molecule has 0 aliphatic heterocycles. The molecule has 1 rings (SSSR count). The molecular formula is C17H20O6. The molecule has 0 saturated carbocycles. The van der Waals surface area contributed by atoms with Crippen LogP contribution in [-0.2, 0) is 19.1 Å². The molecule has 0 aliphatic rings. The third-order valence-electron chi connectivity index (χ3n) is 3.23. The summed E-state index contributed by atoms with van der Waals surface area (Å²) in [4.78, 5) is 33.8. The Bertz CT molecular complexity index is 591. The minimum absolute atomic E-state index is 0.0437. The van der Waals surface area contributed by atoms with Crippen molar-refractivity contribution in [2.45, 2.75) is 19.8 Å². The molecule has 6 heteroatoms. The zero-order valence-electron chi connectivity index (χ0n) is 13.4. The van der Waals surface area contributed by atoms with Crippen molar-refractivity contribution in [3.63, 3.8) is 0 Å². The highest BCUT2D eigenvalue weighted by Gasteiger charge is 2.19. The Kier molecular flexibility index (Phi) is 7.53. The summed E-state index contributed by atoms with van der Waals surface area (Å²) in [7, 11) is 3.04. The first-order valence-corrected chi connectivity index (χ1v) is 7.15. The molecule has 0 bridgehead atoms. The van der Waals surface area contributed by atoms with Crippen LogP contribution in [0.5, 0.6) is 11.5 Å². The van der Waals surface area contributed by atoms with Gasteiger partial charge < -0.3 is 19.0 Å². The Morgan fingerprint density at radius 1 is 1.17 bits per heavy atom. The van der Waals surface area contributed by atoms with E-state index in [1.165, 1.54) is 20.3 Å². The number of carbonyl (C=O) groups is 3. The summed E-state index contributed by atoms with van der Waals surface area (Å²) < 4.78 is 15.0. The van der Waals surface area contributed by atoms with E-state index in [0.717, 1.165) is 6.08 Å². The van der Waals surface area contributed by atoms with Crippen molar-refractivity contribution in [1.29, 1.82) is 0 Å². The average molecular weight is 320 g/mol. The Hall–Kier alpha value is -2.63. The molecule has 6 nitrogen and oxygen atoms in total. The zero-order valence-corrected chi connectivity index (χ0v) is 13.4. The Labute approximate surface area is 135 Å². The summed E-state index contributed by atoms with van der Waals surface area (Å²) in [6, 6.07) is 5.12. The van der Waals surface area contributed by atoms with Gasteiger partial charge >= 0.3 is 11.9 Å². The highest BCUT2D eigenvalue weighted by atomic mass is 16.6. The van der Waals surface area contributed by atoms with E-state index in [1.807, 2.05) is 0 Å². The van der Waals surface area contributed by atoms with Crippen molar-refractivity contribution >= 4 is 24.3 Å². The van der Waals surface area contributed by atoms with Crippen LogP contribution in [0.25, 0.3) is 6.08 Å². The van der Waals surface area contributed by atoms with Gasteiger partial charge in [0.25, 0.3) is 0 Å². The summed E-state index contributed by atoms with van der Waals surface area (Å²) in [6.45, 7) is 1.75. The number of hydrogen-bond donors (Lipinski definition) is 0. The monoisotopic (exact) mass is 320 g/mol. The number of hydrogen-bond acceptors (Lipinski definition) is 6. The van der Waals surface area contributed by atoms with Crippen LogP contribution in [0.15, 0.2) is 24.3 Å². The van der Waals surface area contributed by atoms with Crippen LogP contribution in [0.1, 0.15) is 25.3 Å². The van der Waals surface area contributed by atoms with Crippen molar-refractivity contribution in [3.05, 3.63) is 29.8 Å². The first kappa shape index (κ1) is 18.4. The summed E-state index contributed by atoms with van der Waals surface area (Å²) >= 11 is 0. The maximum atomic E-state index is 11.7. The van der Waals surface area contributed by atoms with Crippen molar-refractivity contribution in [3.8, 4) is 11.5 Å². The van der Waals surface area contributed by atoms with Gasteiger partial charge in [-0.2, -0.15) is 0 Å². The second-order valence-electron chi connectivity index (χ2n) is 4.70. The predicted octanol–water partition coefficient (Wildman–Crippen LogP) is 2.40. The number of methoxy groups -OCH3 is 2. The number of carbonyl (C=O) groups excluding carboxylic acids is 3. The minimum atomic E-state index is -0.783. The molecule has 0 radical (unpaired) electrons. The summed E-state index contributed by atoms with van der Waals surface area (Å²) in [6.07, 6.45) is 3.76. The first-order chi connectivity index (χ1) is 11.0. The van der Waals surface area contributed by atoms with Gasteiger partial charge in [0.05, 0.1) is 20.1 Å².